The molecule has 0 saturated carbocycles. The van der Waals surface area contributed by atoms with E-state index in [0.717, 1.165) is 17.7 Å². The van der Waals surface area contributed by atoms with Crippen LogP contribution in [0.25, 0.3) is 0 Å². The third-order valence-electron chi connectivity index (χ3n) is 2.45. The molecule has 0 aromatic carbocycles. The largest absolute Gasteiger partial charge is 0.480 e. The van der Waals surface area contributed by atoms with Crippen molar-refractivity contribution < 1.29 is 14.7 Å². The summed E-state index contributed by atoms with van der Waals surface area (Å²) in [6.07, 6.45) is 2.14. The molecule has 0 bridgehead atoms. The van der Waals surface area contributed by atoms with E-state index < -0.39 is 18.0 Å². The number of carbonyl (C=O) groups is 2. The molecule has 18 heavy (non-hydrogen) atoms. The molecule has 5 nitrogen and oxygen atoms in total. The van der Waals surface area contributed by atoms with Crippen LogP contribution in [-0.4, -0.2) is 23.1 Å². The van der Waals surface area contributed by atoms with E-state index in [0.29, 0.717) is 13.0 Å². The number of unbranched alkanes of at least 4 members (excludes halogenated alkanes) is 1. The summed E-state index contributed by atoms with van der Waals surface area (Å²) in [5.41, 5.74) is 0. The Labute approximate surface area is 110 Å². The molecule has 2 amide bonds. The first-order valence-corrected chi connectivity index (χ1v) is 6.81. The first kappa shape index (κ1) is 14.5. The van der Waals surface area contributed by atoms with E-state index in [2.05, 4.69) is 10.6 Å². The van der Waals surface area contributed by atoms with Gasteiger partial charge in [-0.05, 0) is 17.9 Å². The first-order valence-electron chi connectivity index (χ1n) is 5.93. The third kappa shape index (κ3) is 5.18. The average Bonchev–Trinajstić information content (AvgIpc) is 2.84. The molecule has 6 heteroatoms. The Morgan fingerprint density at radius 2 is 2.28 bits per heavy atom. The lowest BCUT2D eigenvalue weighted by molar-refractivity contribution is -0.139. The Bertz CT molecular complexity index is 379. The summed E-state index contributed by atoms with van der Waals surface area (Å²) in [6, 6.07) is 2.57. The summed E-state index contributed by atoms with van der Waals surface area (Å²) in [5, 5.41) is 16.0. The molecule has 100 valence electrons. The Hall–Kier alpha value is -1.56. The van der Waals surface area contributed by atoms with Gasteiger partial charge in [0.05, 0.1) is 6.54 Å². The molecule has 0 aliphatic carbocycles. The van der Waals surface area contributed by atoms with E-state index in [4.69, 9.17) is 5.11 Å². The highest BCUT2D eigenvalue weighted by Gasteiger charge is 2.18. The van der Waals surface area contributed by atoms with Gasteiger partial charge in [0.1, 0.15) is 6.04 Å². The van der Waals surface area contributed by atoms with Crippen molar-refractivity contribution in [1.29, 1.82) is 0 Å². The second-order valence-corrected chi connectivity index (χ2v) is 4.97. The van der Waals surface area contributed by atoms with Gasteiger partial charge in [-0.25, -0.2) is 9.59 Å². The summed E-state index contributed by atoms with van der Waals surface area (Å²) in [4.78, 5) is 23.5. The van der Waals surface area contributed by atoms with Gasteiger partial charge >= 0.3 is 12.0 Å². The van der Waals surface area contributed by atoms with E-state index in [1.165, 1.54) is 0 Å². The number of rotatable bonds is 7. The van der Waals surface area contributed by atoms with Gasteiger partial charge < -0.3 is 15.7 Å². The smallest absolute Gasteiger partial charge is 0.326 e. The summed E-state index contributed by atoms with van der Waals surface area (Å²) in [5.74, 6) is -0.991. The standard InChI is InChI=1S/C12H18N2O3S/c1-2-3-6-10(11(15)16)14-12(17)13-8-9-5-4-7-18-9/h4-5,7,10H,2-3,6,8H2,1H3,(H,15,16)(H2,13,14,17). The van der Waals surface area contributed by atoms with Crippen LogP contribution >= 0.6 is 11.3 Å². The van der Waals surface area contributed by atoms with E-state index >= 15 is 0 Å². The number of hydrogen-bond acceptors (Lipinski definition) is 3. The summed E-state index contributed by atoms with van der Waals surface area (Å²) in [6.45, 7) is 2.40. The fraction of sp³-hybridized carbons (Fsp3) is 0.500. The van der Waals surface area contributed by atoms with Gasteiger partial charge in [0, 0.05) is 4.88 Å². The number of carboxylic acids is 1. The molecule has 1 rings (SSSR count). The van der Waals surface area contributed by atoms with Crippen molar-refractivity contribution in [2.45, 2.75) is 38.8 Å². The minimum Gasteiger partial charge on any atom is -0.480 e. The Kier molecular flexibility index (Phi) is 6.21. The zero-order chi connectivity index (χ0) is 13.4. The Morgan fingerprint density at radius 3 is 2.83 bits per heavy atom. The molecule has 0 fully saturated rings. The van der Waals surface area contributed by atoms with Crippen LogP contribution in [-0.2, 0) is 11.3 Å². The SMILES string of the molecule is CCCCC(NC(=O)NCc1cccs1)C(=O)O. The molecule has 0 radical (unpaired) electrons. The highest BCUT2D eigenvalue weighted by Crippen LogP contribution is 2.07. The third-order valence-corrected chi connectivity index (χ3v) is 3.33. The van der Waals surface area contributed by atoms with Crippen LogP contribution in [0.4, 0.5) is 4.79 Å². The van der Waals surface area contributed by atoms with Gasteiger partial charge in [0.2, 0.25) is 0 Å². The van der Waals surface area contributed by atoms with Gasteiger partial charge in [-0.2, -0.15) is 0 Å². The zero-order valence-electron chi connectivity index (χ0n) is 10.3. The molecule has 1 heterocycles. The topological polar surface area (TPSA) is 78.4 Å². The zero-order valence-corrected chi connectivity index (χ0v) is 11.1. The number of thiophene rings is 1. The van der Waals surface area contributed by atoms with E-state index in [1.54, 1.807) is 11.3 Å². The summed E-state index contributed by atoms with van der Waals surface area (Å²) < 4.78 is 0. The van der Waals surface area contributed by atoms with Gasteiger partial charge in [-0.15, -0.1) is 11.3 Å². The number of urea groups is 1. The number of amides is 2. The van der Waals surface area contributed by atoms with E-state index in [9.17, 15) is 9.59 Å². The molecule has 1 aromatic heterocycles. The highest BCUT2D eigenvalue weighted by molar-refractivity contribution is 7.09. The predicted octanol–water partition coefficient (Wildman–Crippen LogP) is 2.19. The van der Waals surface area contributed by atoms with E-state index in [1.807, 2.05) is 24.4 Å². The molecule has 0 aliphatic heterocycles. The van der Waals surface area contributed by atoms with Crippen molar-refractivity contribution in [1.82, 2.24) is 10.6 Å². The van der Waals surface area contributed by atoms with Crippen molar-refractivity contribution in [2.24, 2.45) is 0 Å². The lowest BCUT2D eigenvalue weighted by Crippen LogP contribution is -2.45. The monoisotopic (exact) mass is 270 g/mol. The van der Waals surface area contributed by atoms with Gasteiger partial charge in [-0.1, -0.05) is 25.8 Å². The maximum absolute atomic E-state index is 11.5. The van der Waals surface area contributed by atoms with Crippen molar-refractivity contribution in [3.05, 3.63) is 22.4 Å². The number of nitrogens with one attached hydrogen (secondary N) is 2. The fourth-order valence-electron chi connectivity index (χ4n) is 1.46. The van der Waals surface area contributed by atoms with E-state index in [-0.39, 0.29) is 0 Å². The predicted molar refractivity (Wildman–Crippen MR) is 70.6 cm³/mol. The van der Waals surface area contributed by atoms with Crippen molar-refractivity contribution in [3.8, 4) is 0 Å². The van der Waals surface area contributed by atoms with Crippen LogP contribution in [0.2, 0.25) is 0 Å². The lowest BCUT2D eigenvalue weighted by atomic mass is 10.1. The van der Waals surface area contributed by atoms with Crippen molar-refractivity contribution in [3.63, 3.8) is 0 Å². The molecular weight excluding hydrogens is 252 g/mol. The Balaban J connectivity index is 2.34. The van der Waals surface area contributed by atoms with Crippen LogP contribution in [0, 0.1) is 0 Å². The molecule has 0 saturated heterocycles. The van der Waals surface area contributed by atoms with Crippen LogP contribution in [0.15, 0.2) is 17.5 Å². The molecule has 3 N–H and O–H groups in total. The maximum Gasteiger partial charge on any atom is 0.326 e. The van der Waals surface area contributed by atoms with Crippen LogP contribution < -0.4 is 10.6 Å². The molecule has 1 aromatic rings. The summed E-state index contributed by atoms with van der Waals surface area (Å²) >= 11 is 1.55. The minimum atomic E-state index is -0.991. The molecular formula is C12H18N2O3S. The first-order chi connectivity index (χ1) is 8.63. The van der Waals surface area contributed by atoms with Crippen molar-refractivity contribution in [2.75, 3.05) is 0 Å². The highest BCUT2D eigenvalue weighted by atomic mass is 32.1. The molecule has 0 spiro atoms. The van der Waals surface area contributed by atoms with Gasteiger partial charge in [0.25, 0.3) is 0 Å². The lowest BCUT2D eigenvalue weighted by Gasteiger charge is -2.14. The number of hydrogen-bond donors (Lipinski definition) is 3. The number of carboxylic acid groups (broad SMARTS) is 1. The van der Waals surface area contributed by atoms with Crippen LogP contribution in [0.5, 0.6) is 0 Å². The fourth-order valence-corrected chi connectivity index (χ4v) is 2.10. The number of carbonyl (C=O) groups excluding carboxylic acids is 1. The maximum atomic E-state index is 11.5. The molecule has 1 atom stereocenters. The molecule has 0 aliphatic rings. The Morgan fingerprint density at radius 1 is 1.50 bits per heavy atom. The number of aliphatic carboxylic acids is 1. The van der Waals surface area contributed by atoms with Crippen molar-refractivity contribution >= 4 is 23.3 Å². The van der Waals surface area contributed by atoms with Crippen LogP contribution in [0.1, 0.15) is 31.1 Å². The van der Waals surface area contributed by atoms with Gasteiger partial charge in [-0.3, -0.25) is 0 Å². The summed E-state index contributed by atoms with van der Waals surface area (Å²) in [7, 11) is 0. The average molecular weight is 270 g/mol. The molecule has 1 unspecified atom stereocenters. The quantitative estimate of drug-likeness (QED) is 0.710. The van der Waals surface area contributed by atoms with Crippen LogP contribution in [0.3, 0.4) is 0 Å². The minimum absolute atomic E-state index is 0.420. The second-order valence-electron chi connectivity index (χ2n) is 3.94. The van der Waals surface area contributed by atoms with Gasteiger partial charge in [0.15, 0.2) is 0 Å². The normalized spacial score (nSPS) is 11.8. The second kappa shape index (κ2) is 7.71.